The van der Waals surface area contributed by atoms with E-state index in [2.05, 4.69) is 5.10 Å². The summed E-state index contributed by atoms with van der Waals surface area (Å²) in [5.41, 5.74) is 4.68. The molecule has 1 aliphatic heterocycles. The highest BCUT2D eigenvalue weighted by Crippen LogP contribution is 2.29. The number of aromatic nitrogens is 3. The average molecular weight is 432 g/mol. The third-order valence-electron chi connectivity index (χ3n) is 6.06. The van der Waals surface area contributed by atoms with Gasteiger partial charge < -0.3 is 9.47 Å². The molecule has 6 nitrogen and oxygen atoms in total. The maximum atomic E-state index is 13.6. The molecule has 160 valence electrons. The maximum absolute atomic E-state index is 13.6. The average Bonchev–Trinajstić information content (AvgIpc) is 3.46. The number of hydrogen-bond donors (Lipinski definition) is 0. The second kappa shape index (κ2) is 7.60. The van der Waals surface area contributed by atoms with Gasteiger partial charge in [0, 0.05) is 23.9 Å². The first-order chi connectivity index (χ1) is 16.2. The van der Waals surface area contributed by atoms with Gasteiger partial charge in [0.1, 0.15) is 11.3 Å². The van der Waals surface area contributed by atoms with Gasteiger partial charge in [0.05, 0.1) is 17.8 Å². The predicted molar refractivity (Wildman–Crippen MR) is 127 cm³/mol. The van der Waals surface area contributed by atoms with Gasteiger partial charge in [0.2, 0.25) is 0 Å². The lowest BCUT2D eigenvalue weighted by molar-refractivity contribution is 0.0988. The number of rotatable bonds is 4. The third kappa shape index (κ3) is 3.15. The molecule has 3 heterocycles. The van der Waals surface area contributed by atoms with E-state index in [0.717, 1.165) is 16.8 Å². The van der Waals surface area contributed by atoms with E-state index in [1.807, 2.05) is 102 Å². The Morgan fingerprint density at radius 1 is 0.788 bits per heavy atom. The summed E-state index contributed by atoms with van der Waals surface area (Å²) in [6, 6.07) is 31.0. The van der Waals surface area contributed by atoms with Gasteiger partial charge in [0.25, 0.3) is 11.5 Å². The largest absolute Gasteiger partial charge is 0.317 e. The van der Waals surface area contributed by atoms with Crippen molar-refractivity contribution in [2.75, 3.05) is 4.90 Å². The van der Waals surface area contributed by atoms with Crippen molar-refractivity contribution in [3.05, 3.63) is 124 Å². The number of carbonyl (C=O) groups is 1. The van der Waals surface area contributed by atoms with Crippen LogP contribution >= 0.6 is 0 Å². The molecule has 0 saturated heterocycles. The van der Waals surface area contributed by atoms with Crippen LogP contribution in [0.2, 0.25) is 0 Å². The first-order valence-electron chi connectivity index (χ1n) is 10.8. The predicted octanol–water partition coefficient (Wildman–Crippen LogP) is 4.37. The molecule has 0 bridgehead atoms. The second-order valence-corrected chi connectivity index (χ2v) is 8.10. The van der Waals surface area contributed by atoms with Crippen molar-refractivity contribution in [2.45, 2.75) is 13.1 Å². The van der Waals surface area contributed by atoms with Crippen LogP contribution in [0.4, 0.5) is 5.69 Å². The van der Waals surface area contributed by atoms with Gasteiger partial charge in [-0.1, -0.05) is 78.9 Å². The number of fused-ring (bicyclic) bond motifs is 2. The lowest BCUT2D eigenvalue weighted by atomic mass is 10.1. The van der Waals surface area contributed by atoms with Crippen molar-refractivity contribution in [3.8, 4) is 11.3 Å². The van der Waals surface area contributed by atoms with Crippen molar-refractivity contribution < 1.29 is 4.79 Å². The minimum absolute atomic E-state index is 0.172. The van der Waals surface area contributed by atoms with Crippen molar-refractivity contribution in [1.29, 1.82) is 0 Å². The van der Waals surface area contributed by atoms with Crippen molar-refractivity contribution >= 4 is 17.2 Å². The van der Waals surface area contributed by atoms with Crippen LogP contribution in [-0.4, -0.2) is 20.1 Å². The fraction of sp³-hybridized carbons (Fsp3) is 0.0741. The smallest absolute Gasteiger partial charge is 0.280 e. The molecule has 0 aliphatic carbocycles. The van der Waals surface area contributed by atoms with E-state index in [0.29, 0.717) is 29.1 Å². The number of para-hydroxylation sites is 1. The van der Waals surface area contributed by atoms with Crippen LogP contribution in [0, 0.1) is 0 Å². The Bertz CT molecular complexity index is 1540. The Labute approximate surface area is 190 Å². The molecule has 0 spiro atoms. The number of benzene rings is 3. The Balaban J connectivity index is 1.58. The van der Waals surface area contributed by atoms with Crippen molar-refractivity contribution in [1.82, 2.24) is 14.2 Å². The summed E-state index contributed by atoms with van der Waals surface area (Å²) in [5.74, 6) is -0.172. The van der Waals surface area contributed by atoms with Crippen LogP contribution < -0.4 is 10.5 Å². The number of anilines is 1. The molecule has 0 atom stereocenters. The maximum Gasteiger partial charge on any atom is 0.280 e. The standard InChI is InChI=1S/C27H20N4O2/c32-26-22-18-29(21-14-8-3-9-15-21)27(33)25(22)30(17-19-10-4-1-5-11-19)24-16-23(28-31(24)26)20-12-6-2-7-13-20/h1-16H,17-18H2. The summed E-state index contributed by atoms with van der Waals surface area (Å²) in [5, 5.41) is 4.64. The molecule has 0 saturated carbocycles. The highest BCUT2D eigenvalue weighted by molar-refractivity contribution is 6.09. The van der Waals surface area contributed by atoms with E-state index in [9.17, 15) is 9.59 Å². The summed E-state index contributed by atoms with van der Waals surface area (Å²) in [4.78, 5) is 28.8. The van der Waals surface area contributed by atoms with E-state index in [1.165, 1.54) is 4.52 Å². The topological polar surface area (TPSA) is 59.6 Å². The molecule has 1 amide bonds. The minimum atomic E-state index is -0.252. The number of hydrogen-bond acceptors (Lipinski definition) is 3. The van der Waals surface area contributed by atoms with Gasteiger partial charge in [-0.05, 0) is 17.7 Å². The minimum Gasteiger partial charge on any atom is -0.317 e. The SMILES string of the molecule is O=C1c2c(c(=O)n3nc(-c4ccccc4)cc3n2Cc2ccccc2)CN1c1ccccc1. The number of carbonyl (C=O) groups excluding carboxylic acids is 1. The Kier molecular flexibility index (Phi) is 4.43. The summed E-state index contributed by atoms with van der Waals surface area (Å²) < 4.78 is 3.36. The molecule has 0 radical (unpaired) electrons. The molecule has 3 aromatic carbocycles. The zero-order chi connectivity index (χ0) is 22.4. The molecule has 6 heteroatoms. The molecular weight excluding hydrogens is 412 g/mol. The summed E-state index contributed by atoms with van der Waals surface area (Å²) in [6.07, 6.45) is 0. The fourth-order valence-electron chi connectivity index (χ4n) is 4.46. The van der Waals surface area contributed by atoms with Crippen molar-refractivity contribution in [3.63, 3.8) is 0 Å². The Hall–Kier alpha value is -4.45. The third-order valence-corrected chi connectivity index (χ3v) is 6.06. The van der Waals surface area contributed by atoms with Gasteiger partial charge in [-0.2, -0.15) is 9.61 Å². The van der Waals surface area contributed by atoms with E-state index >= 15 is 0 Å². The summed E-state index contributed by atoms with van der Waals surface area (Å²) >= 11 is 0. The van der Waals surface area contributed by atoms with Gasteiger partial charge >= 0.3 is 0 Å². The van der Waals surface area contributed by atoms with E-state index in [-0.39, 0.29) is 18.0 Å². The van der Waals surface area contributed by atoms with E-state index in [4.69, 9.17) is 0 Å². The monoisotopic (exact) mass is 432 g/mol. The quantitative estimate of drug-likeness (QED) is 0.424. The fourth-order valence-corrected chi connectivity index (χ4v) is 4.46. The molecule has 5 aromatic rings. The van der Waals surface area contributed by atoms with Crippen LogP contribution in [-0.2, 0) is 13.1 Å². The molecule has 6 rings (SSSR count). The molecule has 0 unspecified atom stereocenters. The summed E-state index contributed by atoms with van der Waals surface area (Å²) in [6.45, 7) is 0.684. The lowest BCUT2D eigenvalue weighted by Gasteiger charge is -2.16. The van der Waals surface area contributed by atoms with Crippen LogP contribution in [0.25, 0.3) is 16.9 Å². The molecule has 0 N–H and O–H groups in total. The zero-order valence-corrected chi connectivity index (χ0v) is 17.8. The Morgan fingerprint density at radius 2 is 1.42 bits per heavy atom. The van der Waals surface area contributed by atoms with E-state index in [1.54, 1.807) is 4.90 Å². The van der Waals surface area contributed by atoms with Crippen molar-refractivity contribution in [2.24, 2.45) is 0 Å². The van der Waals surface area contributed by atoms with Crippen LogP contribution in [0.3, 0.4) is 0 Å². The summed E-state index contributed by atoms with van der Waals surface area (Å²) in [7, 11) is 0. The van der Waals surface area contributed by atoms with E-state index < -0.39 is 0 Å². The number of amides is 1. The second-order valence-electron chi connectivity index (χ2n) is 8.10. The first-order valence-corrected chi connectivity index (χ1v) is 10.8. The number of nitrogens with zero attached hydrogens (tertiary/aromatic N) is 4. The Morgan fingerprint density at radius 3 is 2.12 bits per heavy atom. The molecule has 33 heavy (non-hydrogen) atoms. The van der Waals surface area contributed by atoms with Crippen LogP contribution in [0.15, 0.2) is 102 Å². The zero-order valence-electron chi connectivity index (χ0n) is 17.8. The highest BCUT2D eigenvalue weighted by atomic mass is 16.2. The molecule has 0 fully saturated rings. The van der Waals surface area contributed by atoms with Gasteiger partial charge in [-0.15, -0.1) is 0 Å². The molecule has 1 aliphatic rings. The molecule has 2 aromatic heterocycles. The first kappa shape index (κ1) is 19.3. The highest BCUT2D eigenvalue weighted by Gasteiger charge is 2.35. The van der Waals surface area contributed by atoms with Gasteiger partial charge in [-0.3, -0.25) is 9.59 Å². The van der Waals surface area contributed by atoms with Crippen LogP contribution in [0.5, 0.6) is 0 Å². The molecular formula is C27H20N4O2. The van der Waals surface area contributed by atoms with Gasteiger partial charge in [0.15, 0.2) is 0 Å². The van der Waals surface area contributed by atoms with Crippen LogP contribution in [0.1, 0.15) is 21.6 Å². The normalized spacial score (nSPS) is 13.0. The van der Waals surface area contributed by atoms with Gasteiger partial charge in [-0.25, -0.2) is 0 Å². The lowest BCUT2D eigenvalue weighted by Crippen LogP contribution is -2.26.